The molecule has 0 saturated carbocycles. The Morgan fingerprint density at radius 2 is 1.96 bits per heavy atom. The van der Waals surface area contributed by atoms with Crippen molar-refractivity contribution in [2.24, 2.45) is 0 Å². The van der Waals surface area contributed by atoms with Gasteiger partial charge in [0.1, 0.15) is 17.7 Å². The van der Waals surface area contributed by atoms with Gasteiger partial charge in [-0.05, 0) is 12.5 Å². The fraction of sp³-hybridized carbons (Fsp3) is 0.611. The summed E-state index contributed by atoms with van der Waals surface area (Å²) >= 11 is 0. The van der Waals surface area contributed by atoms with Crippen LogP contribution in [-0.4, -0.2) is 67.7 Å². The molecule has 2 heterocycles. The Labute approximate surface area is 171 Å². The third-order valence-electron chi connectivity index (χ3n) is 4.99. The fourth-order valence-corrected chi connectivity index (χ4v) is 3.64. The second-order valence-corrected chi connectivity index (χ2v) is 6.53. The molecule has 5 nitrogen and oxygen atoms in total. The van der Waals surface area contributed by atoms with Crippen LogP contribution in [0.25, 0.3) is 0 Å². The SMILES string of the molecule is CCC(c1ccc(F)cc1F)N1CCN(C(=O)C2COCCN2)CC1.Cl.Cl. The van der Waals surface area contributed by atoms with E-state index in [0.29, 0.717) is 51.5 Å². The zero-order chi connectivity index (χ0) is 17.8. The molecule has 1 aromatic carbocycles. The summed E-state index contributed by atoms with van der Waals surface area (Å²) in [5.41, 5.74) is 0.519. The first-order valence-electron chi connectivity index (χ1n) is 8.89. The number of amides is 1. The number of morpholine rings is 1. The lowest BCUT2D eigenvalue weighted by Gasteiger charge is -2.40. The summed E-state index contributed by atoms with van der Waals surface area (Å²) in [5.74, 6) is -0.997. The average Bonchev–Trinajstić information content (AvgIpc) is 2.65. The highest BCUT2D eigenvalue weighted by Crippen LogP contribution is 2.28. The minimum atomic E-state index is -0.561. The van der Waals surface area contributed by atoms with E-state index < -0.39 is 11.6 Å². The molecule has 0 radical (unpaired) electrons. The third kappa shape index (κ3) is 5.74. The van der Waals surface area contributed by atoms with E-state index in [4.69, 9.17) is 4.74 Å². The van der Waals surface area contributed by atoms with Gasteiger partial charge in [0, 0.05) is 50.4 Å². The highest BCUT2D eigenvalue weighted by molar-refractivity contribution is 5.85. The molecule has 2 aliphatic heterocycles. The number of rotatable bonds is 4. The van der Waals surface area contributed by atoms with Crippen LogP contribution >= 0.6 is 24.8 Å². The summed E-state index contributed by atoms with van der Waals surface area (Å²) in [6, 6.07) is 3.40. The summed E-state index contributed by atoms with van der Waals surface area (Å²) < 4.78 is 32.7. The van der Waals surface area contributed by atoms with Crippen LogP contribution in [0.2, 0.25) is 0 Å². The fourth-order valence-electron chi connectivity index (χ4n) is 3.64. The van der Waals surface area contributed by atoms with Gasteiger partial charge in [-0.1, -0.05) is 13.0 Å². The minimum absolute atomic E-state index is 0. The molecule has 2 atom stereocenters. The van der Waals surface area contributed by atoms with Gasteiger partial charge in [-0.15, -0.1) is 24.8 Å². The Morgan fingerprint density at radius 3 is 2.52 bits per heavy atom. The maximum absolute atomic E-state index is 14.1. The highest BCUT2D eigenvalue weighted by Gasteiger charge is 2.31. The summed E-state index contributed by atoms with van der Waals surface area (Å²) in [5, 5.41) is 3.18. The van der Waals surface area contributed by atoms with Gasteiger partial charge in [-0.3, -0.25) is 9.69 Å². The van der Waals surface area contributed by atoms with Gasteiger partial charge in [0.2, 0.25) is 5.91 Å². The number of carbonyl (C=O) groups is 1. The van der Waals surface area contributed by atoms with Gasteiger partial charge in [-0.2, -0.15) is 0 Å². The van der Waals surface area contributed by atoms with Gasteiger partial charge >= 0.3 is 0 Å². The van der Waals surface area contributed by atoms with E-state index in [2.05, 4.69) is 10.2 Å². The summed E-state index contributed by atoms with van der Waals surface area (Å²) in [7, 11) is 0. The van der Waals surface area contributed by atoms with E-state index in [-0.39, 0.29) is 42.8 Å². The molecule has 2 saturated heterocycles. The van der Waals surface area contributed by atoms with E-state index in [9.17, 15) is 13.6 Å². The van der Waals surface area contributed by atoms with Crippen LogP contribution in [0.1, 0.15) is 24.9 Å². The molecule has 3 rings (SSSR count). The van der Waals surface area contributed by atoms with Crippen molar-refractivity contribution in [3.05, 3.63) is 35.4 Å². The maximum atomic E-state index is 14.1. The molecule has 27 heavy (non-hydrogen) atoms. The number of piperazine rings is 1. The molecule has 0 spiro atoms. The lowest BCUT2D eigenvalue weighted by atomic mass is 10.0. The van der Waals surface area contributed by atoms with Gasteiger partial charge < -0.3 is 15.0 Å². The van der Waals surface area contributed by atoms with E-state index >= 15 is 0 Å². The van der Waals surface area contributed by atoms with Gasteiger partial charge in [0.05, 0.1) is 13.2 Å². The average molecular weight is 426 g/mol. The van der Waals surface area contributed by atoms with Crippen LogP contribution < -0.4 is 5.32 Å². The van der Waals surface area contributed by atoms with E-state index in [1.165, 1.54) is 12.1 Å². The van der Waals surface area contributed by atoms with Crippen molar-refractivity contribution >= 4 is 30.7 Å². The second-order valence-electron chi connectivity index (χ2n) is 6.53. The Hall–Kier alpha value is -0.990. The first kappa shape index (κ1) is 24.0. The number of ether oxygens (including phenoxy) is 1. The summed E-state index contributed by atoms with van der Waals surface area (Å²) in [4.78, 5) is 16.5. The van der Waals surface area contributed by atoms with Crippen molar-refractivity contribution < 1.29 is 18.3 Å². The molecule has 9 heteroatoms. The Bertz CT molecular complexity index is 610. The quantitative estimate of drug-likeness (QED) is 0.804. The monoisotopic (exact) mass is 425 g/mol. The Kier molecular flexibility index (Phi) is 9.90. The molecule has 2 unspecified atom stereocenters. The number of hydrogen-bond acceptors (Lipinski definition) is 4. The van der Waals surface area contributed by atoms with Gasteiger partial charge in [0.25, 0.3) is 0 Å². The number of nitrogens with zero attached hydrogens (tertiary/aromatic N) is 2. The first-order valence-corrected chi connectivity index (χ1v) is 8.89. The van der Waals surface area contributed by atoms with Crippen molar-refractivity contribution in [2.45, 2.75) is 25.4 Å². The molecule has 154 valence electrons. The third-order valence-corrected chi connectivity index (χ3v) is 4.99. The number of halogens is 4. The highest BCUT2D eigenvalue weighted by atomic mass is 35.5. The van der Waals surface area contributed by atoms with Crippen LogP contribution in [0.3, 0.4) is 0 Å². The Morgan fingerprint density at radius 1 is 1.26 bits per heavy atom. The van der Waals surface area contributed by atoms with Crippen LogP contribution in [-0.2, 0) is 9.53 Å². The molecule has 1 N–H and O–H groups in total. The predicted octanol–water partition coefficient (Wildman–Crippen LogP) is 2.39. The smallest absolute Gasteiger partial charge is 0.242 e. The van der Waals surface area contributed by atoms with Crippen molar-refractivity contribution in [3.63, 3.8) is 0 Å². The van der Waals surface area contributed by atoms with E-state index in [1.807, 2.05) is 11.8 Å². The molecule has 1 aromatic rings. The molecular formula is C18H27Cl2F2N3O2. The number of benzene rings is 1. The number of carbonyl (C=O) groups excluding carboxylic acids is 1. The minimum Gasteiger partial charge on any atom is -0.378 e. The normalized spacial score (nSPS) is 21.7. The van der Waals surface area contributed by atoms with Crippen molar-refractivity contribution in [2.75, 3.05) is 45.9 Å². The van der Waals surface area contributed by atoms with Crippen LogP contribution in [0, 0.1) is 11.6 Å². The van der Waals surface area contributed by atoms with Crippen molar-refractivity contribution in [1.29, 1.82) is 0 Å². The van der Waals surface area contributed by atoms with Crippen LogP contribution in [0.4, 0.5) is 8.78 Å². The molecule has 1 amide bonds. The zero-order valence-corrected chi connectivity index (χ0v) is 17.0. The van der Waals surface area contributed by atoms with E-state index in [1.54, 1.807) is 0 Å². The van der Waals surface area contributed by atoms with Crippen LogP contribution in [0.15, 0.2) is 18.2 Å². The van der Waals surface area contributed by atoms with Crippen molar-refractivity contribution in [3.8, 4) is 0 Å². The molecule has 0 aromatic heterocycles. The predicted molar refractivity (Wildman–Crippen MR) is 105 cm³/mol. The standard InChI is InChI=1S/C18H25F2N3O2.2ClH/c1-2-17(14-4-3-13(19)11-15(14)20)22-6-8-23(9-7-22)18(24)16-12-25-10-5-21-16;;/h3-4,11,16-17,21H,2,5-10,12H2,1H3;2*1H. The lowest BCUT2D eigenvalue weighted by Crippen LogP contribution is -2.57. The number of hydrogen-bond donors (Lipinski definition) is 1. The Balaban J connectivity index is 0.00000182. The summed E-state index contributed by atoms with van der Waals surface area (Å²) in [6.07, 6.45) is 0.731. The lowest BCUT2D eigenvalue weighted by molar-refractivity contribution is -0.138. The zero-order valence-electron chi connectivity index (χ0n) is 15.3. The molecule has 2 aliphatic rings. The number of nitrogens with one attached hydrogen (secondary N) is 1. The first-order chi connectivity index (χ1) is 12.1. The maximum Gasteiger partial charge on any atom is 0.242 e. The largest absolute Gasteiger partial charge is 0.378 e. The summed E-state index contributed by atoms with van der Waals surface area (Å²) in [6.45, 7) is 6.30. The van der Waals surface area contributed by atoms with Crippen molar-refractivity contribution in [1.82, 2.24) is 15.1 Å². The van der Waals surface area contributed by atoms with Gasteiger partial charge in [0.15, 0.2) is 0 Å². The van der Waals surface area contributed by atoms with E-state index in [0.717, 1.165) is 12.5 Å². The molecule has 2 fully saturated rings. The molecular weight excluding hydrogens is 399 g/mol. The van der Waals surface area contributed by atoms with Crippen LogP contribution in [0.5, 0.6) is 0 Å². The topological polar surface area (TPSA) is 44.8 Å². The molecule has 0 bridgehead atoms. The van der Waals surface area contributed by atoms with Gasteiger partial charge in [-0.25, -0.2) is 8.78 Å². The molecule has 0 aliphatic carbocycles. The second kappa shape index (κ2) is 11.1.